The molecule has 7 heteroatoms. The highest BCUT2D eigenvalue weighted by Gasteiger charge is 2.27. The topological polar surface area (TPSA) is 50.5 Å². The van der Waals surface area contributed by atoms with Gasteiger partial charge in [0.25, 0.3) is 0 Å². The molecule has 0 spiro atoms. The number of hydrogen-bond acceptors (Lipinski definition) is 5. The Morgan fingerprint density at radius 1 is 1.30 bits per heavy atom. The maximum Gasteiger partial charge on any atom is 0.165 e. The standard InChI is InChI=1S/C16H19F2N3O2/c1-21(2)9-11-7-10(20-23-11)8-19-14-5-6-22-16-13(18)4-3-12(17)15(14)16/h3-4,7,14,19H,5-6,8-9H2,1-2H3/t14-/m1/s1. The molecule has 0 amide bonds. The van der Waals surface area contributed by atoms with Crippen molar-refractivity contribution < 1.29 is 18.0 Å². The van der Waals surface area contributed by atoms with Crippen LogP contribution >= 0.6 is 0 Å². The Balaban J connectivity index is 1.71. The molecule has 5 nitrogen and oxygen atoms in total. The van der Waals surface area contributed by atoms with Crippen LogP contribution in [0.25, 0.3) is 0 Å². The van der Waals surface area contributed by atoms with E-state index < -0.39 is 11.6 Å². The first-order chi connectivity index (χ1) is 11.0. The van der Waals surface area contributed by atoms with E-state index in [0.29, 0.717) is 26.1 Å². The van der Waals surface area contributed by atoms with Gasteiger partial charge in [-0.3, -0.25) is 0 Å². The third-order valence-corrected chi connectivity index (χ3v) is 3.71. The van der Waals surface area contributed by atoms with Crippen LogP contribution in [0.15, 0.2) is 22.7 Å². The van der Waals surface area contributed by atoms with Crippen LogP contribution in [-0.4, -0.2) is 30.8 Å². The fraction of sp³-hybridized carbons (Fsp3) is 0.438. The second kappa shape index (κ2) is 6.64. The normalized spacial score (nSPS) is 17.2. The number of hydrogen-bond donors (Lipinski definition) is 1. The number of fused-ring (bicyclic) bond motifs is 1. The molecule has 1 aliphatic heterocycles. The Labute approximate surface area is 133 Å². The highest BCUT2D eigenvalue weighted by atomic mass is 19.1. The van der Waals surface area contributed by atoms with Crippen LogP contribution in [-0.2, 0) is 13.1 Å². The molecule has 0 fully saturated rings. The molecule has 1 atom stereocenters. The zero-order valence-electron chi connectivity index (χ0n) is 13.1. The van der Waals surface area contributed by atoms with Crippen molar-refractivity contribution in [3.8, 4) is 5.75 Å². The number of benzene rings is 1. The molecule has 0 saturated carbocycles. The van der Waals surface area contributed by atoms with E-state index in [-0.39, 0.29) is 17.4 Å². The Morgan fingerprint density at radius 2 is 2.09 bits per heavy atom. The SMILES string of the molecule is CN(C)Cc1cc(CN[C@@H]2CCOc3c(F)ccc(F)c32)no1. The van der Waals surface area contributed by atoms with Gasteiger partial charge in [0.1, 0.15) is 5.82 Å². The first-order valence-electron chi connectivity index (χ1n) is 7.48. The number of halogens is 2. The fourth-order valence-corrected chi connectivity index (χ4v) is 2.70. The predicted molar refractivity (Wildman–Crippen MR) is 79.9 cm³/mol. The van der Waals surface area contributed by atoms with Crippen molar-refractivity contribution in [1.82, 2.24) is 15.4 Å². The quantitative estimate of drug-likeness (QED) is 0.917. The lowest BCUT2D eigenvalue weighted by atomic mass is 9.99. The van der Waals surface area contributed by atoms with E-state index in [1.54, 1.807) is 0 Å². The van der Waals surface area contributed by atoms with E-state index in [0.717, 1.165) is 23.6 Å². The number of nitrogens with one attached hydrogen (secondary N) is 1. The Kier molecular flexibility index (Phi) is 4.58. The Hall–Kier alpha value is -1.99. The monoisotopic (exact) mass is 323 g/mol. The number of nitrogens with zero attached hydrogens (tertiary/aromatic N) is 2. The smallest absolute Gasteiger partial charge is 0.165 e. The summed E-state index contributed by atoms with van der Waals surface area (Å²) in [5, 5.41) is 7.19. The van der Waals surface area contributed by atoms with E-state index in [1.807, 2.05) is 25.1 Å². The minimum atomic E-state index is -0.539. The molecule has 1 aromatic heterocycles. The maximum absolute atomic E-state index is 14.0. The van der Waals surface area contributed by atoms with Crippen molar-refractivity contribution in [1.29, 1.82) is 0 Å². The first kappa shape index (κ1) is 15.9. The van der Waals surface area contributed by atoms with Crippen molar-refractivity contribution in [2.75, 3.05) is 20.7 Å². The largest absolute Gasteiger partial charge is 0.490 e. The van der Waals surface area contributed by atoms with Gasteiger partial charge in [0, 0.05) is 30.6 Å². The summed E-state index contributed by atoms with van der Waals surface area (Å²) in [7, 11) is 3.88. The molecule has 0 unspecified atom stereocenters. The van der Waals surface area contributed by atoms with Gasteiger partial charge in [0.15, 0.2) is 17.3 Å². The third kappa shape index (κ3) is 3.51. The average molecular weight is 323 g/mol. The second-order valence-electron chi connectivity index (χ2n) is 5.86. The minimum Gasteiger partial charge on any atom is -0.490 e. The zero-order valence-corrected chi connectivity index (χ0v) is 13.1. The van der Waals surface area contributed by atoms with Gasteiger partial charge >= 0.3 is 0 Å². The van der Waals surface area contributed by atoms with Crippen LogP contribution < -0.4 is 10.1 Å². The van der Waals surface area contributed by atoms with Gasteiger partial charge in [0.05, 0.1) is 18.8 Å². The van der Waals surface area contributed by atoms with Gasteiger partial charge in [-0.1, -0.05) is 5.16 Å². The van der Waals surface area contributed by atoms with Crippen LogP contribution in [0.2, 0.25) is 0 Å². The summed E-state index contributed by atoms with van der Waals surface area (Å²) < 4.78 is 38.3. The molecule has 0 saturated heterocycles. The van der Waals surface area contributed by atoms with Crippen molar-refractivity contribution in [3.05, 3.63) is 46.9 Å². The highest BCUT2D eigenvalue weighted by molar-refractivity contribution is 5.40. The van der Waals surface area contributed by atoms with Crippen molar-refractivity contribution in [2.24, 2.45) is 0 Å². The molecule has 2 heterocycles. The molecule has 1 aliphatic rings. The third-order valence-electron chi connectivity index (χ3n) is 3.71. The van der Waals surface area contributed by atoms with Crippen LogP contribution in [0.3, 0.4) is 0 Å². The fourth-order valence-electron chi connectivity index (χ4n) is 2.70. The molecule has 0 bridgehead atoms. The first-order valence-corrected chi connectivity index (χ1v) is 7.48. The van der Waals surface area contributed by atoms with Gasteiger partial charge in [-0.15, -0.1) is 0 Å². The van der Waals surface area contributed by atoms with Gasteiger partial charge in [-0.2, -0.15) is 0 Å². The van der Waals surface area contributed by atoms with E-state index in [2.05, 4.69) is 10.5 Å². The number of rotatable bonds is 5. The molecule has 3 rings (SSSR count). The summed E-state index contributed by atoms with van der Waals surface area (Å²) in [6.45, 7) is 1.42. The predicted octanol–water partition coefficient (Wildman–Crippen LogP) is 2.63. The van der Waals surface area contributed by atoms with Crippen LogP contribution in [0.5, 0.6) is 5.75 Å². The number of aromatic nitrogens is 1. The van der Waals surface area contributed by atoms with Crippen molar-refractivity contribution in [3.63, 3.8) is 0 Å². The van der Waals surface area contributed by atoms with Crippen LogP contribution in [0.4, 0.5) is 8.78 Å². The summed E-state index contributed by atoms with van der Waals surface area (Å²) in [5.41, 5.74) is 0.972. The van der Waals surface area contributed by atoms with Gasteiger partial charge < -0.3 is 19.5 Å². The van der Waals surface area contributed by atoms with Crippen LogP contribution in [0, 0.1) is 11.6 Å². The van der Waals surface area contributed by atoms with E-state index >= 15 is 0 Å². The minimum absolute atomic E-state index is 0.00204. The Bertz CT molecular complexity index is 688. The molecular weight excluding hydrogens is 304 g/mol. The van der Waals surface area contributed by atoms with Crippen molar-refractivity contribution >= 4 is 0 Å². The van der Waals surface area contributed by atoms with E-state index in [4.69, 9.17) is 9.26 Å². The summed E-state index contributed by atoms with van der Waals surface area (Å²) in [6, 6.07) is 3.75. The van der Waals surface area contributed by atoms with Crippen molar-refractivity contribution in [2.45, 2.75) is 25.6 Å². The molecule has 1 N–H and O–H groups in total. The summed E-state index contributed by atoms with van der Waals surface area (Å²) in [6.07, 6.45) is 0.565. The van der Waals surface area contributed by atoms with Gasteiger partial charge in [-0.25, -0.2) is 8.78 Å². The second-order valence-corrected chi connectivity index (χ2v) is 5.86. The molecule has 0 radical (unpaired) electrons. The van der Waals surface area contributed by atoms with Crippen LogP contribution in [0.1, 0.15) is 29.5 Å². The summed E-state index contributed by atoms with van der Waals surface area (Å²) in [5.74, 6) is -0.242. The Morgan fingerprint density at radius 3 is 2.87 bits per heavy atom. The maximum atomic E-state index is 14.0. The molecule has 0 aliphatic carbocycles. The summed E-state index contributed by atoms with van der Waals surface area (Å²) in [4.78, 5) is 1.98. The lowest BCUT2D eigenvalue weighted by Crippen LogP contribution is -2.28. The number of ether oxygens (including phenoxy) is 1. The molecule has 23 heavy (non-hydrogen) atoms. The molecular formula is C16H19F2N3O2. The van der Waals surface area contributed by atoms with E-state index in [9.17, 15) is 8.78 Å². The molecule has 2 aromatic rings. The average Bonchev–Trinajstić information content (AvgIpc) is 2.95. The summed E-state index contributed by atoms with van der Waals surface area (Å²) >= 11 is 0. The molecule has 124 valence electrons. The zero-order chi connectivity index (χ0) is 16.4. The van der Waals surface area contributed by atoms with Gasteiger partial charge in [-0.05, 0) is 26.2 Å². The highest BCUT2D eigenvalue weighted by Crippen LogP contribution is 2.36. The molecule has 1 aromatic carbocycles. The lowest BCUT2D eigenvalue weighted by molar-refractivity contribution is 0.234. The van der Waals surface area contributed by atoms with Gasteiger partial charge in [0.2, 0.25) is 0 Å². The van der Waals surface area contributed by atoms with E-state index in [1.165, 1.54) is 0 Å². The lowest BCUT2D eigenvalue weighted by Gasteiger charge is -2.27.